The number of pyridine rings is 1. The molecule has 0 aliphatic heterocycles. The highest BCUT2D eigenvalue weighted by Crippen LogP contribution is 2.15. The Morgan fingerprint density at radius 2 is 1.88 bits per heavy atom. The van der Waals surface area contributed by atoms with E-state index >= 15 is 0 Å². The molecule has 0 aliphatic carbocycles. The summed E-state index contributed by atoms with van der Waals surface area (Å²) >= 11 is 0. The van der Waals surface area contributed by atoms with Crippen molar-refractivity contribution >= 4 is 24.0 Å². The van der Waals surface area contributed by atoms with E-state index in [4.69, 9.17) is 9.84 Å². The molecule has 2 aromatic rings. The number of ether oxygens (including phenoxy) is 1. The van der Waals surface area contributed by atoms with Crippen molar-refractivity contribution in [2.45, 2.75) is 0 Å². The van der Waals surface area contributed by atoms with E-state index in [2.05, 4.69) is 20.8 Å². The SMILES string of the molecule is O=C(O)COc1ccccc1C=NNC(=O)CNC(=O)c1ccncc1. The third kappa shape index (κ3) is 6.04. The van der Waals surface area contributed by atoms with Crippen molar-refractivity contribution in [3.05, 3.63) is 59.9 Å². The van der Waals surface area contributed by atoms with Gasteiger partial charge in [0.05, 0.1) is 12.8 Å². The molecule has 0 fully saturated rings. The lowest BCUT2D eigenvalue weighted by Gasteiger charge is -2.06. The molecule has 0 saturated carbocycles. The van der Waals surface area contributed by atoms with Crippen LogP contribution in [0.2, 0.25) is 0 Å². The van der Waals surface area contributed by atoms with Crippen LogP contribution in [0.3, 0.4) is 0 Å². The number of nitrogens with zero attached hydrogens (tertiary/aromatic N) is 2. The maximum Gasteiger partial charge on any atom is 0.341 e. The summed E-state index contributed by atoms with van der Waals surface area (Å²) in [6.07, 6.45) is 4.27. The average molecular weight is 356 g/mol. The second-order valence-electron chi connectivity index (χ2n) is 4.93. The van der Waals surface area contributed by atoms with Crippen molar-refractivity contribution in [3.63, 3.8) is 0 Å². The van der Waals surface area contributed by atoms with E-state index in [9.17, 15) is 14.4 Å². The number of hydrazone groups is 1. The molecule has 0 aliphatic rings. The molecule has 26 heavy (non-hydrogen) atoms. The summed E-state index contributed by atoms with van der Waals surface area (Å²) in [7, 11) is 0. The molecule has 2 amide bonds. The number of nitrogens with one attached hydrogen (secondary N) is 2. The quantitative estimate of drug-likeness (QED) is 0.464. The third-order valence-corrected chi connectivity index (χ3v) is 3.02. The van der Waals surface area contributed by atoms with Crippen molar-refractivity contribution in [1.82, 2.24) is 15.7 Å². The lowest BCUT2D eigenvalue weighted by Crippen LogP contribution is -2.34. The van der Waals surface area contributed by atoms with Gasteiger partial charge in [0.15, 0.2) is 6.61 Å². The van der Waals surface area contributed by atoms with Gasteiger partial charge in [-0.25, -0.2) is 10.2 Å². The van der Waals surface area contributed by atoms with Crippen LogP contribution in [0.5, 0.6) is 5.75 Å². The van der Waals surface area contributed by atoms with Gasteiger partial charge in [-0.05, 0) is 24.3 Å². The molecule has 2 rings (SSSR count). The lowest BCUT2D eigenvalue weighted by atomic mass is 10.2. The number of amides is 2. The van der Waals surface area contributed by atoms with Gasteiger partial charge < -0.3 is 15.2 Å². The first-order valence-corrected chi connectivity index (χ1v) is 7.50. The second kappa shape index (κ2) is 9.52. The van der Waals surface area contributed by atoms with Gasteiger partial charge in [0.25, 0.3) is 11.8 Å². The fourth-order valence-electron chi connectivity index (χ4n) is 1.84. The molecule has 1 aromatic heterocycles. The van der Waals surface area contributed by atoms with Crippen molar-refractivity contribution in [1.29, 1.82) is 0 Å². The van der Waals surface area contributed by atoms with Crippen LogP contribution in [0.15, 0.2) is 53.9 Å². The minimum atomic E-state index is -1.10. The maximum atomic E-state index is 11.8. The zero-order valence-corrected chi connectivity index (χ0v) is 13.6. The van der Waals surface area contributed by atoms with Crippen molar-refractivity contribution in [2.75, 3.05) is 13.2 Å². The van der Waals surface area contributed by atoms with E-state index in [0.717, 1.165) is 0 Å². The summed E-state index contributed by atoms with van der Waals surface area (Å²) in [6.45, 7) is -0.742. The Kier molecular flexibility index (Phi) is 6.81. The summed E-state index contributed by atoms with van der Waals surface area (Å²) in [5.41, 5.74) is 3.15. The van der Waals surface area contributed by atoms with Gasteiger partial charge in [-0.2, -0.15) is 5.10 Å². The van der Waals surface area contributed by atoms with Gasteiger partial charge in [0, 0.05) is 23.5 Å². The zero-order valence-electron chi connectivity index (χ0n) is 13.6. The van der Waals surface area contributed by atoms with Crippen LogP contribution < -0.4 is 15.5 Å². The fraction of sp³-hybridized carbons (Fsp3) is 0.118. The summed E-state index contributed by atoms with van der Waals surface area (Å²) in [6, 6.07) is 9.69. The van der Waals surface area contributed by atoms with Gasteiger partial charge in [0.2, 0.25) is 0 Å². The molecule has 9 heteroatoms. The molecule has 3 N–H and O–H groups in total. The summed E-state index contributed by atoms with van der Waals surface area (Å²) in [5, 5.41) is 14.9. The molecule has 1 heterocycles. The van der Waals surface area contributed by atoms with E-state index in [1.54, 1.807) is 24.3 Å². The third-order valence-electron chi connectivity index (χ3n) is 3.02. The Balaban J connectivity index is 1.83. The number of hydrogen-bond donors (Lipinski definition) is 3. The Morgan fingerprint density at radius 1 is 1.15 bits per heavy atom. The Labute approximate surface area is 148 Å². The van der Waals surface area contributed by atoms with Crippen molar-refractivity contribution in [3.8, 4) is 5.75 Å². The molecule has 0 spiro atoms. The number of hydrogen-bond acceptors (Lipinski definition) is 6. The highest BCUT2D eigenvalue weighted by Gasteiger charge is 2.07. The number of rotatable bonds is 8. The number of aromatic nitrogens is 1. The number of benzene rings is 1. The molecule has 9 nitrogen and oxygen atoms in total. The monoisotopic (exact) mass is 356 g/mol. The average Bonchev–Trinajstić information content (AvgIpc) is 2.66. The normalized spacial score (nSPS) is 10.3. The molecule has 0 atom stereocenters. The molecule has 0 radical (unpaired) electrons. The zero-order chi connectivity index (χ0) is 18.8. The number of carbonyl (C=O) groups is 3. The number of carbonyl (C=O) groups excluding carboxylic acids is 2. The van der Waals surface area contributed by atoms with Crippen LogP contribution in [-0.2, 0) is 9.59 Å². The van der Waals surface area contributed by atoms with Gasteiger partial charge in [-0.15, -0.1) is 0 Å². The second-order valence-corrected chi connectivity index (χ2v) is 4.93. The minimum Gasteiger partial charge on any atom is -0.481 e. The first-order chi connectivity index (χ1) is 12.6. The van der Waals surface area contributed by atoms with Crippen LogP contribution in [0.4, 0.5) is 0 Å². The van der Waals surface area contributed by atoms with E-state index in [1.165, 1.54) is 30.7 Å². The van der Waals surface area contributed by atoms with E-state index in [1.807, 2.05) is 0 Å². The van der Waals surface area contributed by atoms with Crippen LogP contribution >= 0.6 is 0 Å². The first-order valence-electron chi connectivity index (χ1n) is 7.50. The smallest absolute Gasteiger partial charge is 0.341 e. The number of carboxylic acid groups (broad SMARTS) is 1. The molecular weight excluding hydrogens is 340 g/mol. The van der Waals surface area contributed by atoms with Crippen LogP contribution in [-0.4, -0.2) is 47.2 Å². The molecule has 134 valence electrons. The van der Waals surface area contributed by atoms with Crippen molar-refractivity contribution < 1.29 is 24.2 Å². The summed E-state index contributed by atoms with van der Waals surface area (Å²) in [5.74, 6) is -1.71. The predicted molar refractivity (Wildman–Crippen MR) is 91.9 cm³/mol. The summed E-state index contributed by atoms with van der Waals surface area (Å²) < 4.78 is 5.12. The fourth-order valence-corrected chi connectivity index (χ4v) is 1.84. The Hall–Kier alpha value is -3.75. The van der Waals surface area contributed by atoms with Crippen LogP contribution in [0, 0.1) is 0 Å². The van der Waals surface area contributed by atoms with Crippen molar-refractivity contribution in [2.24, 2.45) is 5.10 Å². The molecule has 0 bridgehead atoms. The van der Waals surface area contributed by atoms with Gasteiger partial charge in [-0.1, -0.05) is 12.1 Å². The Morgan fingerprint density at radius 3 is 2.62 bits per heavy atom. The largest absolute Gasteiger partial charge is 0.481 e. The van der Waals surface area contributed by atoms with Crippen LogP contribution in [0.1, 0.15) is 15.9 Å². The predicted octanol–water partition coefficient (Wildman–Crippen LogP) is 0.425. The Bertz CT molecular complexity index is 808. The van der Waals surface area contributed by atoms with E-state index < -0.39 is 24.4 Å². The minimum absolute atomic E-state index is 0.254. The maximum absolute atomic E-state index is 11.8. The van der Waals surface area contributed by atoms with E-state index in [-0.39, 0.29) is 6.54 Å². The summed E-state index contributed by atoms with van der Waals surface area (Å²) in [4.78, 5) is 37.9. The highest BCUT2D eigenvalue weighted by molar-refractivity contribution is 5.96. The van der Waals surface area contributed by atoms with Gasteiger partial charge in [0.1, 0.15) is 5.75 Å². The number of aliphatic carboxylic acids is 1. The molecule has 0 unspecified atom stereocenters. The van der Waals surface area contributed by atoms with Gasteiger partial charge >= 0.3 is 5.97 Å². The van der Waals surface area contributed by atoms with Gasteiger partial charge in [-0.3, -0.25) is 14.6 Å². The number of carboxylic acids is 1. The number of para-hydroxylation sites is 1. The lowest BCUT2D eigenvalue weighted by molar-refractivity contribution is -0.139. The first kappa shape index (κ1) is 18.6. The highest BCUT2D eigenvalue weighted by atomic mass is 16.5. The molecule has 0 saturated heterocycles. The molecule has 1 aromatic carbocycles. The molecular formula is C17H16N4O5. The topological polar surface area (TPSA) is 130 Å². The standard InChI is InChI=1S/C17H16N4O5/c22-15(10-19-17(25)12-5-7-18-8-6-12)21-20-9-13-3-1-2-4-14(13)26-11-16(23)24/h1-9H,10-11H2,(H,19,25)(H,21,22)(H,23,24). The van der Waals surface area contributed by atoms with Crippen LogP contribution in [0.25, 0.3) is 0 Å². The van der Waals surface area contributed by atoms with E-state index in [0.29, 0.717) is 16.9 Å².